The molecule has 0 radical (unpaired) electrons. The molecule has 1 aliphatic rings. The van der Waals surface area contributed by atoms with Crippen molar-refractivity contribution in [1.29, 1.82) is 0 Å². The molecule has 0 saturated carbocycles. The van der Waals surface area contributed by atoms with Crippen LogP contribution in [0, 0.1) is 0 Å². The van der Waals surface area contributed by atoms with Crippen molar-refractivity contribution in [3.8, 4) is 17.1 Å². The largest absolute Gasteiger partial charge is 0.482 e. The van der Waals surface area contributed by atoms with E-state index in [1.165, 1.54) is 0 Å². The average Bonchev–Trinajstić information content (AvgIpc) is 2.77. The number of fused-ring (bicyclic) bond motifs is 2. The highest BCUT2D eigenvalue weighted by molar-refractivity contribution is 5.98. The number of aromatic nitrogens is 3. The maximum absolute atomic E-state index is 12.0. The highest BCUT2D eigenvalue weighted by atomic mass is 16.5. The van der Waals surface area contributed by atoms with Gasteiger partial charge in [-0.05, 0) is 42.5 Å². The van der Waals surface area contributed by atoms with E-state index in [1.807, 2.05) is 54.6 Å². The summed E-state index contributed by atoms with van der Waals surface area (Å²) < 4.78 is 5.51. The second kappa shape index (κ2) is 6.87. The molecule has 7 heteroatoms. The Kier molecular flexibility index (Phi) is 4.05. The van der Waals surface area contributed by atoms with E-state index in [9.17, 15) is 4.79 Å². The van der Waals surface area contributed by atoms with Crippen molar-refractivity contribution < 1.29 is 9.53 Å². The fourth-order valence-electron chi connectivity index (χ4n) is 3.28. The zero-order valence-electron chi connectivity index (χ0n) is 15.7. The quantitative estimate of drug-likeness (QED) is 0.580. The lowest BCUT2D eigenvalue weighted by molar-refractivity contribution is -0.120. The molecular weight excluding hydrogens is 366 g/mol. The van der Waals surface area contributed by atoms with Crippen LogP contribution in [-0.4, -0.2) is 34.5 Å². The van der Waals surface area contributed by atoms with Crippen LogP contribution in [0.5, 0.6) is 5.75 Å². The number of likely N-dealkylation sites (N-methyl/N-ethyl adjacent to an activating group) is 1. The second-order valence-electron chi connectivity index (χ2n) is 6.70. The summed E-state index contributed by atoms with van der Waals surface area (Å²) in [6, 6.07) is 17.3. The lowest BCUT2D eigenvalue weighted by Crippen LogP contribution is -2.35. The molecule has 0 bridgehead atoms. The Balaban J connectivity index is 1.59. The first-order valence-electron chi connectivity index (χ1n) is 9.17. The second-order valence-corrected chi connectivity index (χ2v) is 6.70. The van der Waals surface area contributed by atoms with E-state index in [1.54, 1.807) is 24.3 Å². The van der Waals surface area contributed by atoms with Crippen LogP contribution in [0.2, 0.25) is 0 Å². The maximum Gasteiger partial charge on any atom is 0.264 e. The number of para-hydroxylation sites is 1. The minimum atomic E-state index is -0.0824. The topological polar surface area (TPSA) is 80.2 Å². The first-order chi connectivity index (χ1) is 14.2. The Bertz CT molecular complexity index is 1230. The molecule has 5 rings (SSSR count). The van der Waals surface area contributed by atoms with E-state index in [-0.39, 0.29) is 12.5 Å². The molecule has 0 atom stereocenters. The number of carbonyl (C=O) groups is 1. The summed E-state index contributed by atoms with van der Waals surface area (Å²) >= 11 is 0. The van der Waals surface area contributed by atoms with Crippen LogP contribution in [0.3, 0.4) is 0 Å². The molecule has 3 heterocycles. The monoisotopic (exact) mass is 383 g/mol. The molecule has 142 valence electrons. The van der Waals surface area contributed by atoms with Crippen molar-refractivity contribution in [2.45, 2.75) is 0 Å². The van der Waals surface area contributed by atoms with Gasteiger partial charge < -0.3 is 15.0 Å². The summed E-state index contributed by atoms with van der Waals surface area (Å²) in [6.07, 6.45) is 3.46. The van der Waals surface area contributed by atoms with Gasteiger partial charge >= 0.3 is 0 Å². The van der Waals surface area contributed by atoms with Crippen LogP contribution in [-0.2, 0) is 4.79 Å². The molecule has 4 aromatic rings. The van der Waals surface area contributed by atoms with Crippen LogP contribution >= 0.6 is 0 Å². The van der Waals surface area contributed by atoms with E-state index in [0.717, 1.165) is 27.8 Å². The van der Waals surface area contributed by atoms with Crippen molar-refractivity contribution in [2.24, 2.45) is 0 Å². The van der Waals surface area contributed by atoms with E-state index >= 15 is 0 Å². The molecule has 0 saturated heterocycles. The standard InChI is InChI=1S/C22H17N5O2/c1-27-18-11-15(8-9-19(18)29-13-20(27)28)24-22-16-6-2-3-7-17(16)25-21(26-22)14-5-4-10-23-12-14/h2-12H,13H2,1H3,(H,24,25,26). The Morgan fingerprint density at radius 1 is 1.07 bits per heavy atom. The molecule has 0 spiro atoms. The molecule has 7 nitrogen and oxygen atoms in total. The van der Waals surface area contributed by atoms with E-state index in [4.69, 9.17) is 9.72 Å². The predicted octanol–water partition coefficient (Wildman–Crippen LogP) is 3.79. The number of amides is 1. The molecule has 0 unspecified atom stereocenters. The third-order valence-electron chi connectivity index (χ3n) is 4.83. The molecule has 1 N–H and O–H groups in total. The van der Waals surface area contributed by atoms with Gasteiger partial charge in [0.05, 0.1) is 11.2 Å². The van der Waals surface area contributed by atoms with Crippen LogP contribution in [0.1, 0.15) is 0 Å². The third-order valence-corrected chi connectivity index (χ3v) is 4.83. The molecule has 0 fully saturated rings. The smallest absolute Gasteiger partial charge is 0.264 e. The van der Waals surface area contributed by atoms with Crippen molar-refractivity contribution >= 4 is 34.0 Å². The van der Waals surface area contributed by atoms with Crippen LogP contribution in [0.4, 0.5) is 17.2 Å². The van der Waals surface area contributed by atoms with Gasteiger partial charge in [0.25, 0.3) is 5.91 Å². The molecule has 0 aliphatic carbocycles. The van der Waals surface area contributed by atoms with Gasteiger partial charge in [0.15, 0.2) is 12.4 Å². The van der Waals surface area contributed by atoms with Gasteiger partial charge in [0, 0.05) is 36.1 Å². The summed E-state index contributed by atoms with van der Waals surface area (Å²) in [6.45, 7) is 0.0568. The number of carbonyl (C=O) groups excluding carboxylic acids is 1. The highest BCUT2D eigenvalue weighted by Crippen LogP contribution is 2.35. The first kappa shape index (κ1) is 17.1. The summed E-state index contributed by atoms with van der Waals surface area (Å²) in [5.41, 5.74) is 3.19. The van der Waals surface area contributed by atoms with Crippen LogP contribution in [0.25, 0.3) is 22.3 Å². The lowest BCUT2D eigenvalue weighted by atomic mass is 10.2. The molecule has 1 amide bonds. The number of benzene rings is 2. The minimum Gasteiger partial charge on any atom is -0.482 e. The fourth-order valence-corrected chi connectivity index (χ4v) is 3.28. The summed E-state index contributed by atoms with van der Waals surface area (Å²) in [5.74, 6) is 1.87. The van der Waals surface area contributed by atoms with E-state index in [2.05, 4.69) is 15.3 Å². The molecule has 29 heavy (non-hydrogen) atoms. The number of hydrogen-bond donors (Lipinski definition) is 1. The van der Waals surface area contributed by atoms with E-state index in [0.29, 0.717) is 17.4 Å². The first-order valence-corrected chi connectivity index (χ1v) is 9.17. The van der Waals surface area contributed by atoms with Gasteiger partial charge in [-0.1, -0.05) is 12.1 Å². The van der Waals surface area contributed by atoms with E-state index < -0.39 is 0 Å². The summed E-state index contributed by atoms with van der Waals surface area (Å²) in [5, 5.41) is 4.28. The van der Waals surface area contributed by atoms with Crippen molar-refractivity contribution in [2.75, 3.05) is 23.9 Å². The molecule has 1 aliphatic heterocycles. The van der Waals surface area contributed by atoms with Gasteiger partial charge in [-0.15, -0.1) is 0 Å². The zero-order valence-corrected chi connectivity index (χ0v) is 15.7. The van der Waals surface area contributed by atoms with Crippen molar-refractivity contribution in [1.82, 2.24) is 15.0 Å². The van der Waals surface area contributed by atoms with Gasteiger partial charge in [0.2, 0.25) is 0 Å². The lowest BCUT2D eigenvalue weighted by Gasteiger charge is -2.26. The number of rotatable bonds is 3. The summed E-state index contributed by atoms with van der Waals surface area (Å²) in [4.78, 5) is 27.1. The number of nitrogens with one attached hydrogen (secondary N) is 1. The highest BCUT2D eigenvalue weighted by Gasteiger charge is 2.22. The summed E-state index contributed by atoms with van der Waals surface area (Å²) in [7, 11) is 1.74. The van der Waals surface area contributed by atoms with Crippen molar-refractivity contribution in [3.63, 3.8) is 0 Å². The molecule has 2 aromatic heterocycles. The van der Waals surface area contributed by atoms with Gasteiger partial charge in [0.1, 0.15) is 11.6 Å². The van der Waals surface area contributed by atoms with Crippen LogP contribution in [0.15, 0.2) is 67.0 Å². The minimum absolute atomic E-state index is 0.0568. The average molecular weight is 383 g/mol. The van der Waals surface area contributed by atoms with Crippen LogP contribution < -0.4 is 15.0 Å². The van der Waals surface area contributed by atoms with Crippen molar-refractivity contribution in [3.05, 3.63) is 67.0 Å². The van der Waals surface area contributed by atoms with Gasteiger partial charge in [-0.25, -0.2) is 9.97 Å². The molecular formula is C22H17N5O2. The normalized spacial score (nSPS) is 13.1. The number of pyridine rings is 1. The Morgan fingerprint density at radius 2 is 1.97 bits per heavy atom. The number of ether oxygens (including phenoxy) is 1. The Morgan fingerprint density at radius 3 is 2.83 bits per heavy atom. The zero-order chi connectivity index (χ0) is 19.8. The number of hydrogen-bond acceptors (Lipinski definition) is 6. The number of nitrogens with zero attached hydrogens (tertiary/aromatic N) is 4. The molecule has 2 aromatic carbocycles. The number of anilines is 3. The fraction of sp³-hybridized carbons (Fsp3) is 0.0909. The van der Waals surface area contributed by atoms with Gasteiger partial charge in [-0.3, -0.25) is 9.78 Å². The Hall–Kier alpha value is -4.00. The third kappa shape index (κ3) is 3.12. The maximum atomic E-state index is 12.0. The Labute approximate surface area is 167 Å². The predicted molar refractivity (Wildman–Crippen MR) is 111 cm³/mol. The SMILES string of the molecule is CN1C(=O)COc2ccc(Nc3nc(-c4cccnc4)nc4ccccc34)cc21. The van der Waals surface area contributed by atoms with Gasteiger partial charge in [-0.2, -0.15) is 0 Å².